The molecule has 10 nitrogen and oxygen atoms in total. The van der Waals surface area contributed by atoms with Crippen molar-refractivity contribution in [3.8, 4) is 5.69 Å². The number of hydrogen-bond acceptors (Lipinski definition) is 7. The summed E-state index contributed by atoms with van der Waals surface area (Å²) in [5, 5.41) is 12.1. The van der Waals surface area contributed by atoms with Crippen LogP contribution in [0, 0.1) is 0 Å². The molecule has 43 heavy (non-hydrogen) atoms. The van der Waals surface area contributed by atoms with Crippen LogP contribution in [0.1, 0.15) is 74.5 Å². The minimum Gasteiger partial charge on any atom is -0.349 e. The van der Waals surface area contributed by atoms with Gasteiger partial charge in [0.25, 0.3) is 11.8 Å². The average molecular weight is 597 g/mol. The van der Waals surface area contributed by atoms with E-state index in [1.165, 1.54) is 18.2 Å². The number of imide groups is 1. The highest BCUT2D eigenvalue weighted by Gasteiger charge is 2.49. The van der Waals surface area contributed by atoms with Gasteiger partial charge in [0.05, 0.1) is 35.6 Å². The van der Waals surface area contributed by atoms with Crippen molar-refractivity contribution in [2.75, 3.05) is 18.0 Å². The zero-order valence-electron chi connectivity index (χ0n) is 23.5. The molecule has 11 heteroatoms. The first-order chi connectivity index (χ1) is 20.8. The molecule has 0 saturated carbocycles. The molecule has 1 N–H and O–H groups in total. The van der Waals surface area contributed by atoms with Gasteiger partial charge in [-0.1, -0.05) is 54.4 Å². The van der Waals surface area contributed by atoms with Gasteiger partial charge < -0.3 is 5.32 Å². The van der Waals surface area contributed by atoms with Crippen molar-refractivity contribution in [1.29, 1.82) is 0 Å². The first kappa shape index (κ1) is 28.4. The summed E-state index contributed by atoms with van der Waals surface area (Å²) in [7, 11) is 0. The maximum absolute atomic E-state index is 13.4. The molecule has 5 heterocycles. The summed E-state index contributed by atoms with van der Waals surface area (Å²) < 4.78 is 1.89. The van der Waals surface area contributed by atoms with Crippen LogP contribution in [-0.4, -0.2) is 56.3 Å². The number of halogens is 1. The molecule has 4 aliphatic heterocycles. The van der Waals surface area contributed by atoms with E-state index in [4.69, 9.17) is 11.6 Å². The van der Waals surface area contributed by atoms with Crippen LogP contribution < -0.4 is 10.2 Å². The highest BCUT2D eigenvalue weighted by atomic mass is 35.5. The second kappa shape index (κ2) is 11.9. The Morgan fingerprint density at radius 3 is 2.30 bits per heavy atom. The molecule has 0 radical (unpaired) electrons. The highest BCUT2D eigenvalue weighted by Crippen LogP contribution is 2.43. The van der Waals surface area contributed by atoms with Crippen LogP contribution >= 0.6 is 11.6 Å². The van der Waals surface area contributed by atoms with Crippen molar-refractivity contribution >= 4 is 40.8 Å². The Hall–Kier alpha value is -4.67. The molecule has 0 unspecified atom stereocenters. The molecule has 4 aromatic rings. The molecule has 3 amide bonds. The number of hydrogen-bond donors (Lipinski definition) is 1. The molecule has 0 aliphatic carbocycles. The molecule has 4 aliphatic rings. The smallest absolute Gasteiger partial charge is 0.268 e. The summed E-state index contributed by atoms with van der Waals surface area (Å²) in [6.07, 6.45) is 3.56. The number of aromatic nitrogens is 3. The maximum Gasteiger partial charge on any atom is 0.268 e. The molecule has 4 bridgehead atoms. The molecule has 218 valence electrons. The number of nitrogens with zero attached hydrogens (tertiary/aromatic N) is 5. The van der Waals surface area contributed by atoms with Gasteiger partial charge in [0, 0.05) is 23.1 Å². The van der Waals surface area contributed by atoms with Crippen molar-refractivity contribution in [3.63, 3.8) is 0 Å². The number of amides is 3. The molecular weight excluding hydrogens is 568 g/mol. The molecule has 3 aromatic carbocycles. The molecule has 1 aromatic heterocycles. The second-order valence-corrected chi connectivity index (χ2v) is 11.1. The Kier molecular flexibility index (Phi) is 7.88. The first-order valence-corrected chi connectivity index (χ1v) is 14.5. The van der Waals surface area contributed by atoms with Crippen molar-refractivity contribution in [2.24, 2.45) is 0 Å². The molecule has 1 saturated heterocycles. The molecule has 0 spiro atoms. The third-order valence-electron chi connectivity index (χ3n) is 7.72. The summed E-state index contributed by atoms with van der Waals surface area (Å²) in [6, 6.07) is 19.6. The van der Waals surface area contributed by atoms with Gasteiger partial charge >= 0.3 is 0 Å². The first-order valence-electron chi connectivity index (χ1n) is 14.1. The van der Waals surface area contributed by atoms with E-state index in [2.05, 4.69) is 20.4 Å². The van der Waals surface area contributed by atoms with E-state index in [-0.39, 0.29) is 30.0 Å². The van der Waals surface area contributed by atoms with Gasteiger partial charge in [-0.05, 0) is 56.3 Å². The lowest BCUT2D eigenvalue weighted by molar-refractivity contribution is -0.119. The minimum atomic E-state index is -0.162. The molecule has 1 fully saturated rings. The van der Waals surface area contributed by atoms with Crippen LogP contribution in [0.2, 0.25) is 5.02 Å². The summed E-state index contributed by atoms with van der Waals surface area (Å²) in [5.74, 6) is 0.707. The van der Waals surface area contributed by atoms with E-state index in [0.29, 0.717) is 45.3 Å². The van der Waals surface area contributed by atoms with E-state index < -0.39 is 0 Å². The number of carbonyl (C=O) groups excluding carboxylic acids is 4. The van der Waals surface area contributed by atoms with Crippen molar-refractivity contribution in [1.82, 2.24) is 25.0 Å². The number of carbonyl (C=O) groups is 4. The summed E-state index contributed by atoms with van der Waals surface area (Å²) in [6.45, 7) is 4.30. The number of piperidine rings is 1. The van der Waals surface area contributed by atoms with E-state index in [9.17, 15) is 19.2 Å². The Labute approximate surface area is 253 Å². The number of ketones is 1. The second-order valence-electron chi connectivity index (χ2n) is 10.6. The summed E-state index contributed by atoms with van der Waals surface area (Å²) in [5.41, 5.74) is 3.64. The Morgan fingerprint density at radius 2 is 1.60 bits per heavy atom. The lowest BCUT2D eigenvalue weighted by atomic mass is 10.0. The van der Waals surface area contributed by atoms with Gasteiger partial charge in [-0.15, -0.1) is 10.2 Å². The van der Waals surface area contributed by atoms with Crippen LogP contribution in [0.3, 0.4) is 0 Å². The van der Waals surface area contributed by atoms with Gasteiger partial charge in [-0.3, -0.25) is 28.6 Å². The average Bonchev–Trinajstić information content (AvgIpc) is 3.59. The Bertz CT molecular complexity index is 1750. The van der Waals surface area contributed by atoms with Crippen LogP contribution in [-0.2, 0) is 17.9 Å². The normalized spacial score (nSPS) is 15.1. The zero-order valence-corrected chi connectivity index (χ0v) is 24.3. The fourth-order valence-corrected chi connectivity index (χ4v) is 5.79. The van der Waals surface area contributed by atoms with E-state index in [0.717, 1.165) is 37.4 Å². The highest BCUT2D eigenvalue weighted by molar-refractivity contribution is 6.44. The van der Waals surface area contributed by atoms with Gasteiger partial charge in [0.15, 0.2) is 17.4 Å². The molecular formula is C32H29ClN6O4. The summed E-state index contributed by atoms with van der Waals surface area (Å²) >= 11 is 6.29. The SMILES string of the molecule is CC(=O)NCc1nnc(CN2CCCCC2)n1-c1ccc(Cl)cc1C(=O)c1ccccc1.O=C1c2cccc3c2C(=O)N13. The quantitative estimate of drug-likeness (QED) is 0.245. The standard InChI is InChI=1S/C24H26ClN5O2.C8H3NO2/c1-17(31)26-15-22-27-28-23(16-29-12-6-3-7-13-29)30(22)21-11-10-19(25)14-20(21)24(32)18-8-4-2-5-9-18;10-7-4-2-1-3-5-6(4)8(11)9(5)7/h2,4-5,8-11,14H,3,6-7,12-13,15-16H2,1H3,(H,26,31);1-3H. The van der Waals surface area contributed by atoms with Crippen molar-refractivity contribution < 1.29 is 19.2 Å². The Morgan fingerprint density at radius 1 is 0.860 bits per heavy atom. The van der Waals surface area contributed by atoms with Gasteiger partial charge in [-0.2, -0.15) is 0 Å². The van der Waals surface area contributed by atoms with Gasteiger partial charge in [0.1, 0.15) is 0 Å². The fraction of sp³-hybridized carbons (Fsp3) is 0.250. The maximum atomic E-state index is 13.4. The van der Waals surface area contributed by atoms with E-state index in [1.807, 2.05) is 28.8 Å². The topological polar surface area (TPSA) is 117 Å². The fourth-order valence-electron chi connectivity index (χ4n) is 5.62. The molecule has 0 atom stereocenters. The lowest BCUT2D eigenvalue weighted by Gasteiger charge is -2.26. The number of benzene rings is 3. The number of likely N-dealkylation sites (tertiary alicyclic amines) is 1. The lowest BCUT2D eigenvalue weighted by Crippen LogP contribution is -2.35. The van der Waals surface area contributed by atoms with Gasteiger partial charge in [0.2, 0.25) is 5.91 Å². The van der Waals surface area contributed by atoms with Crippen LogP contribution in [0.15, 0.2) is 66.7 Å². The summed E-state index contributed by atoms with van der Waals surface area (Å²) in [4.78, 5) is 50.7. The third kappa shape index (κ3) is 5.47. The zero-order chi connectivity index (χ0) is 30.1. The third-order valence-corrected chi connectivity index (χ3v) is 7.96. The number of nitrogens with one attached hydrogen (secondary N) is 1. The van der Waals surface area contributed by atoms with Crippen LogP contribution in [0.4, 0.5) is 5.69 Å². The van der Waals surface area contributed by atoms with Crippen LogP contribution in [0.25, 0.3) is 5.69 Å². The number of anilines is 1. The Balaban J connectivity index is 0.000000246. The van der Waals surface area contributed by atoms with Crippen molar-refractivity contribution in [2.45, 2.75) is 39.3 Å². The van der Waals surface area contributed by atoms with Crippen molar-refractivity contribution in [3.05, 3.63) is 106 Å². The van der Waals surface area contributed by atoms with Crippen LogP contribution in [0.5, 0.6) is 0 Å². The minimum absolute atomic E-state index is 0.133. The monoisotopic (exact) mass is 596 g/mol. The van der Waals surface area contributed by atoms with E-state index >= 15 is 0 Å². The van der Waals surface area contributed by atoms with Gasteiger partial charge in [-0.25, -0.2) is 4.90 Å². The molecule has 8 rings (SSSR count). The van der Waals surface area contributed by atoms with E-state index in [1.54, 1.807) is 42.5 Å². The predicted octanol–water partition coefficient (Wildman–Crippen LogP) is 4.57. The predicted molar refractivity (Wildman–Crippen MR) is 160 cm³/mol. The largest absolute Gasteiger partial charge is 0.349 e. The number of rotatable bonds is 7.